The summed E-state index contributed by atoms with van der Waals surface area (Å²) in [5, 5.41) is 2.96. The summed E-state index contributed by atoms with van der Waals surface area (Å²) in [4.78, 5) is 12.6. The second-order valence-corrected chi connectivity index (χ2v) is 9.13. The predicted molar refractivity (Wildman–Crippen MR) is 102 cm³/mol. The van der Waals surface area contributed by atoms with Gasteiger partial charge in [0.2, 0.25) is 15.9 Å². The SMILES string of the molecule is Cc1ccc(C)c(N(C(C)C(=O)NCC2CCCCC2)S(C)(=O)=O)c1. The Bertz CT molecular complexity index is 709. The molecule has 1 fully saturated rings. The number of carbonyl (C=O) groups is 1. The Hall–Kier alpha value is -1.56. The third kappa shape index (κ3) is 5.21. The molecule has 1 aromatic rings. The van der Waals surface area contributed by atoms with Gasteiger partial charge in [-0.05, 0) is 56.7 Å². The molecule has 1 unspecified atom stereocenters. The third-order valence-corrected chi connectivity index (χ3v) is 6.21. The van der Waals surface area contributed by atoms with Crippen LogP contribution in [0, 0.1) is 19.8 Å². The molecule has 25 heavy (non-hydrogen) atoms. The van der Waals surface area contributed by atoms with Crippen LogP contribution >= 0.6 is 0 Å². The summed E-state index contributed by atoms with van der Waals surface area (Å²) in [5.74, 6) is 0.272. The summed E-state index contributed by atoms with van der Waals surface area (Å²) >= 11 is 0. The van der Waals surface area contributed by atoms with Gasteiger partial charge in [-0.3, -0.25) is 9.10 Å². The van der Waals surface area contributed by atoms with Crippen LogP contribution in [0.2, 0.25) is 0 Å². The Morgan fingerprint density at radius 3 is 2.48 bits per heavy atom. The molecule has 0 spiro atoms. The maximum atomic E-state index is 12.6. The lowest BCUT2D eigenvalue weighted by Crippen LogP contribution is -2.49. The fourth-order valence-electron chi connectivity index (χ4n) is 3.52. The smallest absolute Gasteiger partial charge is 0.243 e. The van der Waals surface area contributed by atoms with Crippen molar-refractivity contribution in [3.63, 3.8) is 0 Å². The molecule has 2 rings (SSSR count). The van der Waals surface area contributed by atoms with E-state index in [9.17, 15) is 13.2 Å². The van der Waals surface area contributed by atoms with Crippen LogP contribution in [0.5, 0.6) is 0 Å². The van der Waals surface area contributed by atoms with Gasteiger partial charge in [0.25, 0.3) is 0 Å². The maximum absolute atomic E-state index is 12.6. The quantitative estimate of drug-likeness (QED) is 0.841. The first-order valence-electron chi connectivity index (χ1n) is 9.04. The van der Waals surface area contributed by atoms with Crippen LogP contribution < -0.4 is 9.62 Å². The van der Waals surface area contributed by atoms with Gasteiger partial charge in [-0.2, -0.15) is 0 Å². The molecule has 1 amide bonds. The van der Waals surface area contributed by atoms with Crippen LogP contribution in [0.1, 0.15) is 50.2 Å². The van der Waals surface area contributed by atoms with Gasteiger partial charge >= 0.3 is 0 Å². The van der Waals surface area contributed by atoms with Crippen LogP contribution in [0.25, 0.3) is 0 Å². The Balaban J connectivity index is 2.16. The zero-order valence-corrected chi connectivity index (χ0v) is 16.5. The highest BCUT2D eigenvalue weighted by Gasteiger charge is 2.30. The van der Waals surface area contributed by atoms with E-state index in [0.717, 1.165) is 30.2 Å². The zero-order chi connectivity index (χ0) is 18.6. The number of hydrogen-bond donors (Lipinski definition) is 1. The van der Waals surface area contributed by atoms with E-state index in [2.05, 4.69) is 5.32 Å². The number of amides is 1. The molecular weight excluding hydrogens is 336 g/mol. The topological polar surface area (TPSA) is 66.5 Å². The van der Waals surface area contributed by atoms with Crippen molar-refractivity contribution in [2.45, 2.75) is 58.9 Å². The van der Waals surface area contributed by atoms with Crippen molar-refractivity contribution in [1.82, 2.24) is 5.32 Å². The second-order valence-electron chi connectivity index (χ2n) is 7.27. The summed E-state index contributed by atoms with van der Waals surface area (Å²) in [6, 6.07) is 4.86. The van der Waals surface area contributed by atoms with Gasteiger partial charge in [-0.15, -0.1) is 0 Å². The molecule has 0 aliphatic heterocycles. The molecule has 0 saturated heterocycles. The average Bonchev–Trinajstić information content (AvgIpc) is 2.55. The number of hydrogen-bond acceptors (Lipinski definition) is 3. The Labute approximate surface area is 151 Å². The van der Waals surface area contributed by atoms with Gasteiger partial charge < -0.3 is 5.32 Å². The van der Waals surface area contributed by atoms with Gasteiger partial charge in [-0.25, -0.2) is 8.42 Å². The zero-order valence-electron chi connectivity index (χ0n) is 15.7. The molecule has 1 aromatic carbocycles. The standard InChI is InChI=1S/C19H30N2O3S/c1-14-10-11-15(2)18(12-14)21(25(4,23)24)16(3)19(22)20-13-17-8-6-5-7-9-17/h10-12,16-17H,5-9,13H2,1-4H3,(H,20,22). The number of benzene rings is 1. The minimum atomic E-state index is -3.57. The van der Waals surface area contributed by atoms with E-state index in [1.807, 2.05) is 32.0 Å². The molecular formula is C19H30N2O3S. The van der Waals surface area contributed by atoms with Crippen LogP contribution in [-0.4, -0.2) is 33.2 Å². The number of anilines is 1. The highest BCUT2D eigenvalue weighted by atomic mass is 32.2. The first-order valence-corrected chi connectivity index (χ1v) is 10.9. The first kappa shape index (κ1) is 19.8. The number of carbonyl (C=O) groups excluding carboxylic acids is 1. The molecule has 140 valence electrons. The lowest BCUT2D eigenvalue weighted by molar-refractivity contribution is -0.122. The highest BCUT2D eigenvalue weighted by molar-refractivity contribution is 7.92. The molecule has 5 nitrogen and oxygen atoms in total. The fourth-order valence-corrected chi connectivity index (χ4v) is 4.75. The van der Waals surface area contributed by atoms with Crippen molar-refractivity contribution < 1.29 is 13.2 Å². The average molecular weight is 367 g/mol. The number of rotatable bonds is 6. The molecule has 0 aromatic heterocycles. The number of nitrogens with one attached hydrogen (secondary N) is 1. The van der Waals surface area contributed by atoms with E-state index < -0.39 is 16.1 Å². The van der Waals surface area contributed by atoms with E-state index >= 15 is 0 Å². The van der Waals surface area contributed by atoms with Crippen LogP contribution in [0.4, 0.5) is 5.69 Å². The molecule has 1 aliphatic rings. The third-order valence-electron chi connectivity index (χ3n) is 4.98. The van der Waals surface area contributed by atoms with E-state index in [-0.39, 0.29) is 5.91 Å². The molecule has 6 heteroatoms. The number of sulfonamides is 1. The highest BCUT2D eigenvalue weighted by Crippen LogP contribution is 2.27. The van der Waals surface area contributed by atoms with Crippen molar-refractivity contribution in [3.8, 4) is 0 Å². The Morgan fingerprint density at radius 1 is 1.24 bits per heavy atom. The van der Waals surface area contributed by atoms with Gasteiger partial charge in [0, 0.05) is 6.54 Å². The minimum absolute atomic E-state index is 0.239. The Morgan fingerprint density at radius 2 is 1.88 bits per heavy atom. The van der Waals surface area contributed by atoms with E-state index in [1.54, 1.807) is 6.92 Å². The van der Waals surface area contributed by atoms with E-state index in [1.165, 1.54) is 23.6 Å². The molecule has 1 atom stereocenters. The lowest BCUT2D eigenvalue weighted by Gasteiger charge is -2.30. The monoisotopic (exact) mass is 366 g/mol. The van der Waals surface area contributed by atoms with Gasteiger partial charge in [0.1, 0.15) is 6.04 Å². The fraction of sp³-hybridized carbons (Fsp3) is 0.632. The second kappa shape index (κ2) is 8.21. The summed E-state index contributed by atoms with van der Waals surface area (Å²) in [5.41, 5.74) is 2.37. The van der Waals surface area contributed by atoms with Crippen molar-refractivity contribution >= 4 is 21.6 Å². The predicted octanol–water partition coefficient (Wildman–Crippen LogP) is 3.15. The molecule has 1 N–H and O–H groups in total. The van der Waals surface area contributed by atoms with Crippen molar-refractivity contribution in [3.05, 3.63) is 29.3 Å². The summed E-state index contributed by atoms with van der Waals surface area (Å²) in [6.45, 7) is 6.06. The van der Waals surface area contributed by atoms with Crippen molar-refractivity contribution in [2.24, 2.45) is 5.92 Å². The lowest BCUT2D eigenvalue weighted by atomic mass is 9.89. The van der Waals surface area contributed by atoms with Gasteiger partial charge in [-0.1, -0.05) is 31.4 Å². The molecule has 0 bridgehead atoms. The minimum Gasteiger partial charge on any atom is -0.354 e. The molecule has 0 heterocycles. The van der Waals surface area contributed by atoms with E-state index in [0.29, 0.717) is 18.2 Å². The number of nitrogens with zero attached hydrogens (tertiary/aromatic N) is 1. The Kier molecular flexibility index (Phi) is 6.49. The van der Waals surface area contributed by atoms with E-state index in [4.69, 9.17) is 0 Å². The molecule has 0 radical (unpaired) electrons. The van der Waals surface area contributed by atoms with Gasteiger partial charge in [0.05, 0.1) is 11.9 Å². The number of aryl methyl sites for hydroxylation is 2. The largest absolute Gasteiger partial charge is 0.354 e. The van der Waals surface area contributed by atoms with Crippen molar-refractivity contribution in [2.75, 3.05) is 17.1 Å². The summed E-state index contributed by atoms with van der Waals surface area (Å²) in [6.07, 6.45) is 7.14. The van der Waals surface area contributed by atoms with Crippen LogP contribution in [0.15, 0.2) is 18.2 Å². The normalized spacial score (nSPS) is 17.1. The summed E-state index contributed by atoms with van der Waals surface area (Å²) < 4.78 is 26.0. The first-order chi connectivity index (χ1) is 11.7. The summed E-state index contributed by atoms with van der Waals surface area (Å²) in [7, 11) is -3.57. The van der Waals surface area contributed by atoms with Crippen molar-refractivity contribution in [1.29, 1.82) is 0 Å². The molecule has 1 saturated carbocycles. The van der Waals surface area contributed by atoms with Gasteiger partial charge in [0.15, 0.2) is 0 Å². The van der Waals surface area contributed by atoms with Crippen LogP contribution in [-0.2, 0) is 14.8 Å². The van der Waals surface area contributed by atoms with Crippen LogP contribution in [0.3, 0.4) is 0 Å². The maximum Gasteiger partial charge on any atom is 0.243 e. The molecule has 1 aliphatic carbocycles.